The number of amides is 4. The largest absolute Gasteiger partial charge is 0.454 e. The Morgan fingerprint density at radius 1 is 1.28 bits per heavy atom. The number of ether oxygens (including phenoxy) is 2. The van der Waals surface area contributed by atoms with Gasteiger partial charge in [-0.2, -0.15) is 0 Å². The average molecular weight is 401 g/mol. The van der Waals surface area contributed by atoms with E-state index in [1.54, 1.807) is 4.90 Å². The smallest absolute Gasteiger partial charge is 0.325 e. The van der Waals surface area contributed by atoms with Crippen molar-refractivity contribution in [2.45, 2.75) is 51.6 Å². The third-order valence-corrected chi connectivity index (χ3v) is 6.34. The van der Waals surface area contributed by atoms with Crippen molar-refractivity contribution in [2.24, 2.45) is 5.92 Å². The first-order valence-corrected chi connectivity index (χ1v) is 10.2. The van der Waals surface area contributed by atoms with Crippen molar-refractivity contribution in [3.8, 4) is 11.5 Å². The summed E-state index contributed by atoms with van der Waals surface area (Å²) in [6.45, 7) is 4.68. The molecule has 3 aliphatic rings. The number of hydrogen-bond donors (Lipinski definition) is 1. The van der Waals surface area contributed by atoms with Gasteiger partial charge in [-0.05, 0) is 43.4 Å². The Bertz CT molecular complexity index is 842. The van der Waals surface area contributed by atoms with Crippen LogP contribution in [-0.4, -0.2) is 53.1 Å². The van der Waals surface area contributed by atoms with E-state index in [2.05, 4.69) is 5.32 Å². The molecular formula is C21H27N3O5. The van der Waals surface area contributed by atoms with Gasteiger partial charge in [-0.1, -0.05) is 25.8 Å². The molecule has 1 saturated carbocycles. The van der Waals surface area contributed by atoms with Crippen LogP contribution in [0.5, 0.6) is 11.5 Å². The number of carbonyl (C=O) groups is 3. The van der Waals surface area contributed by atoms with E-state index in [4.69, 9.17) is 9.47 Å². The number of nitrogens with zero attached hydrogens (tertiary/aromatic N) is 2. The number of hydrogen-bond acceptors (Lipinski definition) is 5. The van der Waals surface area contributed by atoms with Crippen LogP contribution in [0.2, 0.25) is 0 Å². The van der Waals surface area contributed by atoms with Gasteiger partial charge < -0.3 is 19.7 Å². The molecule has 2 heterocycles. The molecule has 0 radical (unpaired) electrons. The lowest BCUT2D eigenvalue weighted by atomic mass is 9.73. The van der Waals surface area contributed by atoms with Gasteiger partial charge in [0.05, 0.1) is 0 Å². The minimum Gasteiger partial charge on any atom is -0.454 e. The number of urea groups is 1. The van der Waals surface area contributed by atoms with Crippen LogP contribution in [0, 0.1) is 5.92 Å². The summed E-state index contributed by atoms with van der Waals surface area (Å²) in [6, 6.07) is 5.10. The summed E-state index contributed by atoms with van der Waals surface area (Å²) in [6.07, 6.45) is 3.50. The highest BCUT2D eigenvalue weighted by atomic mass is 16.7. The summed E-state index contributed by atoms with van der Waals surface area (Å²) >= 11 is 0. The third kappa shape index (κ3) is 3.41. The van der Waals surface area contributed by atoms with Gasteiger partial charge in [-0.25, -0.2) is 4.79 Å². The van der Waals surface area contributed by atoms with Crippen molar-refractivity contribution in [1.29, 1.82) is 0 Å². The molecule has 0 aromatic heterocycles. The molecule has 1 spiro atoms. The SMILES string of the molecule is CCN(Cc1ccc2c(c1)OCO2)C(=O)CN1C(=O)N[C@@]2(CCCC[C@H]2C)C1=O. The highest BCUT2D eigenvalue weighted by Crippen LogP contribution is 2.38. The molecule has 1 aliphatic carbocycles. The van der Waals surface area contributed by atoms with E-state index in [0.717, 1.165) is 29.7 Å². The van der Waals surface area contributed by atoms with Crippen molar-refractivity contribution >= 4 is 17.8 Å². The topological polar surface area (TPSA) is 88.2 Å². The summed E-state index contributed by atoms with van der Waals surface area (Å²) < 4.78 is 10.7. The number of nitrogens with one attached hydrogen (secondary N) is 1. The van der Waals surface area contributed by atoms with Crippen molar-refractivity contribution in [3.63, 3.8) is 0 Å². The lowest BCUT2D eigenvalue weighted by molar-refractivity contribution is -0.140. The number of benzene rings is 1. The molecule has 2 atom stereocenters. The number of fused-ring (bicyclic) bond motifs is 1. The van der Waals surface area contributed by atoms with E-state index in [-0.39, 0.29) is 31.1 Å². The Balaban J connectivity index is 1.44. The zero-order chi connectivity index (χ0) is 20.6. The number of rotatable bonds is 5. The summed E-state index contributed by atoms with van der Waals surface area (Å²) in [4.78, 5) is 41.2. The second kappa shape index (κ2) is 7.57. The monoisotopic (exact) mass is 401 g/mol. The van der Waals surface area contributed by atoms with Gasteiger partial charge in [0.25, 0.3) is 5.91 Å². The molecule has 1 saturated heterocycles. The van der Waals surface area contributed by atoms with Gasteiger partial charge in [0.2, 0.25) is 12.7 Å². The van der Waals surface area contributed by atoms with Crippen LogP contribution >= 0.6 is 0 Å². The minimum absolute atomic E-state index is 0.0729. The first-order valence-electron chi connectivity index (χ1n) is 10.2. The normalized spacial score (nSPS) is 25.4. The van der Waals surface area contributed by atoms with Gasteiger partial charge >= 0.3 is 6.03 Å². The van der Waals surface area contributed by atoms with E-state index < -0.39 is 11.6 Å². The molecule has 1 aromatic rings. The summed E-state index contributed by atoms with van der Waals surface area (Å²) in [5, 5.41) is 2.90. The molecule has 2 aliphatic heterocycles. The van der Waals surface area contributed by atoms with E-state index >= 15 is 0 Å². The quantitative estimate of drug-likeness (QED) is 0.765. The Kier molecular flexibility index (Phi) is 5.10. The maximum Gasteiger partial charge on any atom is 0.325 e. The van der Waals surface area contributed by atoms with Crippen molar-refractivity contribution in [1.82, 2.24) is 15.1 Å². The highest BCUT2D eigenvalue weighted by Gasteiger charge is 2.55. The van der Waals surface area contributed by atoms with Crippen LogP contribution in [-0.2, 0) is 16.1 Å². The Hall–Kier alpha value is -2.77. The molecule has 8 nitrogen and oxygen atoms in total. The maximum absolute atomic E-state index is 13.1. The second-order valence-electron chi connectivity index (χ2n) is 8.04. The van der Waals surface area contributed by atoms with Crippen LogP contribution in [0.1, 0.15) is 45.1 Å². The van der Waals surface area contributed by atoms with Crippen LogP contribution in [0.15, 0.2) is 18.2 Å². The highest BCUT2D eigenvalue weighted by molar-refractivity contribution is 6.09. The molecule has 4 rings (SSSR count). The fourth-order valence-electron chi connectivity index (χ4n) is 4.51. The summed E-state index contributed by atoms with van der Waals surface area (Å²) in [5.74, 6) is 0.905. The van der Waals surface area contributed by atoms with Gasteiger partial charge in [0.1, 0.15) is 12.1 Å². The van der Waals surface area contributed by atoms with Gasteiger partial charge in [0.15, 0.2) is 11.5 Å². The first-order chi connectivity index (χ1) is 13.9. The third-order valence-electron chi connectivity index (χ3n) is 6.34. The van der Waals surface area contributed by atoms with Gasteiger partial charge in [-0.15, -0.1) is 0 Å². The molecule has 156 valence electrons. The summed E-state index contributed by atoms with van der Waals surface area (Å²) in [7, 11) is 0. The molecule has 1 aromatic carbocycles. The van der Waals surface area contributed by atoms with E-state index in [0.29, 0.717) is 31.0 Å². The first kappa shape index (κ1) is 19.5. The number of carbonyl (C=O) groups excluding carboxylic acids is 3. The lowest BCUT2D eigenvalue weighted by Crippen LogP contribution is -2.54. The Labute approximate surface area is 170 Å². The maximum atomic E-state index is 13.1. The molecular weight excluding hydrogens is 374 g/mol. The molecule has 0 unspecified atom stereocenters. The summed E-state index contributed by atoms with van der Waals surface area (Å²) in [5.41, 5.74) is 0.0586. The van der Waals surface area contributed by atoms with Crippen molar-refractivity contribution < 1.29 is 23.9 Å². The van der Waals surface area contributed by atoms with Crippen LogP contribution in [0.25, 0.3) is 0 Å². The van der Waals surface area contributed by atoms with Crippen molar-refractivity contribution in [3.05, 3.63) is 23.8 Å². The van der Waals surface area contributed by atoms with Gasteiger partial charge in [0, 0.05) is 13.1 Å². The number of likely N-dealkylation sites (N-methyl/N-ethyl adjacent to an activating group) is 1. The average Bonchev–Trinajstić information content (AvgIpc) is 3.27. The van der Waals surface area contributed by atoms with Crippen LogP contribution in [0.3, 0.4) is 0 Å². The molecule has 29 heavy (non-hydrogen) atoms. The molecule has 2 fully saturated rings. The van der Waals surface area contributed by atoms with Gasteiger partial charge in [-0.3, -0.25) is 14.5 Å². The minimum atomic E-state index is -0.843. The predicted octanol–water partition coefficient (Wildman–Crippen LogP) is 2.26. The fraction of sp³-hybridized carbons (Fsp3) is 0.571. The Morgan fingerprint density at radius 3 is 2.83 bits per heavy atom. The zero-order valence-electron chi connectivity index (χ0n) is 16.9. The van der Waals surface area contributed by atoms with Crippen LogP contribution < -0.4 is 14.8 Å². The lowest BCUT2D eigenvalue weighted by Gasteiger charge is -2.36. The number of imide groups is 1. The zero-order valence-corrected chi connectivity index (χ0v) is 16.9. The van der Waals surface area contributed by atoms with E-state index in [1.165, 1.54) is 0 Å². The molecule has 0 bridgehead atoms. The van der Waals surface area contributed by atoms with E-state index in [9.17, 15) is 14.4 Å². The van der Waals surface area contributed by atoms with E-state index in [1.807, 2.05) is 32.0 Å². The standard InChI is InChI=1S/C21H27N3O5/c1-3-23(11-15-7-8-16-17(10-15)29-13-28-16)18(25)12-24-19(26)21(22-20(24)27)9-5-4-6-14(21)2/h7-8,10,14H,3-6,9,11-13H2,1-2H3,(H,22,27)/t14-,21-/m1/s1. The second-order valence-corrected chi connectivity index (χ2v) is 8.04. The Morgan fingerprint density at radius 2 is 2.07 bits per heavy atom. The predicted molar refractivity (Wildman–Crippen MR) is 104 cm³/mol. The van der Waals surface area contributed by atoms with Crippen LogP contribution in [0.4, 0.5) is 4.79 Å². The van der Waals surface area contributed by atoms with Crippen molar-refractivity contribution in [2.75, 3.05) is 19.9 Å². The molecule has 8 heteroatoms. The molecule has 4 amide bonds. The fourth-order valence-corrected chi connectivity index (χ4v) is 4.51. The molecule has 1 N–H and O–H groups in total.